The number of aromatic nitrogens is 2. The minimum Gasteiger partial charge on any atom is -0.274 e. The predicted octanol–water partition coefficient (Wildman–Crippen LogP) is 3.28. The number of thioether (sulfide) groups is 1. The van der Waals surface area contributed by atoms with Crippen LogP contribution in [-0.2, 0) is 9.59 Å². The highest BCUT2D eigenvalue weighted by molar-refractivity contribution is 8.00. The fourth-order valence-corrected chi connectivity index (χ4v) is 6.25. The second-order valence-corrected chi connectivity index (χ2v) is 8.15. The molecular formula is C20H13N3O2S. The van der Waals surface area contributed by atoms with E-state index < -0.39 is 0 Å². The monoisotopic (exact) mass is 359 g/mol. The van der Waals surface area contributed by atoms with Gasteiger partial charge in [-0.25, -0.2) is 14.9 Å². The van der Waals surface area contributed by atoms with Gasteiger partial charge in [0.1, 0.15) is 0 Å². The molecule has 2 saturated heterocycles. The molecule has 0 unspecified atom stereocenters. The Balaban J connectivity index is 1.49. The molecule has 3 aliphatic heterocycles. The van der Waals surface area contributed by atoms with Crippen molar-refractivity contribution in [3.63, 3.8) is 0 Å². The Morgan fingerprint density at radius 3 is 1.77 bits per heavy atom. The van der Waals surface area contributed by atoms with E-state index >= 15 is 0 Å². The van der Waals surface area contributed by atoms with Gasteiger partial charge in [-0.1, -0.05) is 30.3 Å². The second kappa shape index (κ2) is 4.92. The van der Waals surface area contributed by atoms with Gasteiger partial charge in [-0.3, -0.25) is 9.59 Å². The number of nitrogens with zero attached hydrogens (tertiary/aromatic N) is 3. The molecule has 3 aromatic rings. The lowest BCUT2D eigenvalue weighted by Crippen LogP contribution is -2.31. The van der Waals surface area contributed by atoms with Crippen molar-refractivity contribution >= 4 is 40.3 Å². The molecule has 4 heterocycles. The Morgan fingerprint density at radius 1 is 0.731 bits per heavy atom. The molecule has 2 amide bonds. The normalized spacial score (nSPS) is 28.7. The first-order valence-corrected chi connectivity index (χ1v) is 9.53. The molecule has 5 nitrogen and oxygen atoms in total. The van der Waals surface area contributed by atoms with E-state index in [2.05, 4.69) is 0 Å². The molecule has 0 spiro atoms. The third-order valence-corrected chi connectivity index (χ3v) is 7.14. The quantitative estimate of drug-likeness (QED) is 0.624. The Labute approximate surface area is 153 Å². The van der Waals surface area contributed by atoms with Gasteiger partial charge >= 0.3 is 0 Å². The first-order chi connectivity index (χ1) is 12.7. The summed E-state index contributed by atoms with van der Waals surface area (Å²) < 4.78 is 0. The van der Waals surface area contributed by atoms with Crippen LogP contribution < -0.4 is 4.90 Å². The molecule has 2 bridgehead atoms. The van der Waals surface area contributed by atoms with Crippen LogP contribution in [0.3, 0.4) is 0 Å². The van der Waals surface area contributed by atoms with Crippen LogP contribution in [0.25, 0.3) is 11.0 Å². The summed E-state index contributed by atoms with van der Waals surface area (Å²) in [5.74, 6) is -0.875. The number of anilines is 1. The van der Waals surface area contributed by atoms with Crippen LogP contribution in [0.1, 0.15) is 21.9 Å². The number of fused-ring (bicyclic) bond motifs is 9. The molecule has 126 valence electrons. The van der Waals surface area contributed by atoms with Crippen LogP contribution in [0.15, 0.2) is 54.6 Å². The minimum atomic E-state index is -0.333. The molecule has 4 atom stereocenters. The molecule has 6 rings (SSSR count). The molecule has 0 N–H and O–H groups in total. The molecule has 2 aromatic carbocycles. The van der Waals surface area contributed by atoms with Crippen LogP contribution in [0, 0.1) is 11.8 Å². The topological polar surface area (TPSA) is 63.2 Å². The average Bonchev–Trinajstić information content (AvgIpc) is 3.31. The van der Waals surface area contributed by atoms with E-state index in [1.807, 2.05) is 54.6 Å². The number of carbonyl (C=O) groups is 2. The Morgan fingerprint density at radius 2 is 1.23 bits per heavy atom. The van der Waals surface area contributed by atoms with Crippen molar-refractivity contribution in [2.75, 3.05) is 4.90 Å². The van der Waals surface area contributed by atoms with Crippen LogP contribution in [0.2, 0.25) is 0 Å². The number of imide groups is 1. The van der Waals surface area contributed by atoms with Crippen LogP contribution in [0.4, 0.5) is 5.69 Å². The van der Waals surface area contributed by atoms with Crippen molar-refractivity contribution in [1.29, 1.82) is 0 Å². The number of para-hydroxylation sites is 3. The van der Waals surface area contributed by atoms with E-state index in [0.717, 1.165) is 22.4 Å². The number of amides is 2. The smallest absolute Gasteiger partial charge is 0.239 e. The number of benzene rings is 2. The van der Waals surface area contributed by atoms with Crippen molar-refractivity contribution in [2.45, 2.75) is 10.5 Å². The van der Waals surface area contributed by atoms with E-state index in [4.69, 9.17) is 9.97 Å². The number of carbonyl (C=O) groups excluding carboxylic acids is 2. The first-order valence-electron chi connectivity index (χ1n) is 8.59. The van der Waals surface area contributed by atoms with Gasteiger partial charge in [0.05, 0.1) is 50.4 Å². The van der Waals surface area contributed by atoms with Crippen molar-refractivity contribution in [3.8, 4) is 0 Å². The summed E-state index contributed by atoms with van der Waals surface area (Å²) in [7, 11) is 0. The summed E-state index contributed by atoms with van der Waals surface area (Å²) in [6.45, 7) is 0. The fraction of sp³-hybridized carbons (Fsp3) is 0.200. The summed E-state index contributed by atoms with van der Waals surface area (Å²) in [5, 5.41) is -0.162. The van der Waals surface area contributed by atoms with Gasteiger partial charge in [0, 0.05) is 0 Å². The summed E-state index contributed by atoms with van der Waals surface area (Å²) in [4.78, 5) is 37.2. The third kappa shape index (κ3) is 1.67. The van der Waals surface area contributed by atoms with Crippen molar-refractivity contribution in [2.24, 2.45) is 11.8 Å². The van der Waals surface area contributed by atoms with Gasteiger partial charge in [-0.15, -0.1) is 11.8 Å². The maximum Gasteiger partial charge on any atom is 0.239 e. The van der Waals surface area contributed by atoms with Gasteiger partial charge in [-0.05, 0) is 24.3 Å². The highest BCUT2D eigenvalue weighted by Crippen LogP contribution is 2.68. The molecule has 0 saturated carbocycles. The summed E-state index contributed by atoms with van der Waals surface area (Å²) in [6, 6.07) is 16.9. The van der Waals surface area contributed by atoms with Crippen LogP contribution in [-0.4, -0.2) is 21.8 Å². The zero-order valence-electron chi connectivity index (χ0n) is 13.6. The lowest BCUT2D eigenvalue weighted by Gasteiger charge is -2.20. The van der Waals surface area contributed by atoms with E-state index in [1.165, 1.54) is 4.90 Å². The van der Waals surface area contributed by atoms with E-state index in [1.54, 1.807) is 11.8 Å². The van der Waals surface area contributed by atoms with E-state index in [9.17, 15) is 9.59 Å². The summed E-state index contributed by atoms with van der Waals surface area (Å²) in [5.41, 5.74) is 4.10. The molecule has 26 heavy (non-hydrogen) atoms. The Hall–Kier alpha value is -2.73. The Kier molecular flexibility index (Phi) is 2.73. The average molecular weight is 359 g/mol. The Bertz CT molecular complexity index is 1030. The number of hydrogen-bond acceptors (Lipinski definition) is 5. The maximum absolute atomic E-state index is 13.1. The SMILES string of the molecule is O=C1[C@@H]2[C@H](C(=O)N1c1ccccc1)[C@@H]1S[C@H]2c2nc3ccccc3nc21. The zero-order chi connectivity index (χ0) is 17.4. The predicted molar refractivity (Wildman–Crippen MR) is 98.5 cm³/mol. The summed E-state index contributed by atoms with van der Waals surface area (Å²) >= 11 is 1.67. The van der Waals surface area contributed by atoms with Gasteiger partial charge in [0.25, 0.3) is 0 Å². The molecule has 1 aromatic heterocycles. The largest absolute Gasteiger partial charge is 0.274 e. The second-order valence-electron chi connectivity index (χ2n) is 6.86. The standard InChI is InChI=1S/C20H13N3O2S/c24-19-13-14(20(25)23(19)10-6-2-1-3-7-10)18-16-15(17(13)26-18)21-11-8-4-5-9-12(11)22-16/h1-9,13-14,17-18H/t13-,14+,17-,18+. The summed E-state index contributed by atoms with van der Waals surface area (Å²) in [6.07, 6.45) is 0. The van der Waals surface area contributed by atoms with Gasteiger partial charge in [-0.2, -0.15) is 0 Å². The number of rotatable bonds is 1. The van der Waals surface area contributed by atoms with Crippen molar-refractivity contribution in [1.82, 2.24) is 9.97 Å². The van der Waals surface area contributed by atoms with Crippen LogP contribution in [0.5, 0.6) is 0 Å². The highest BCUT2D eigenvalue weighted by atomic mass is 32.2. The van der Waals surface area contributed by atoms with E-state index in [0.29, 0.717) is 5.69 Å². The maximum atomic E-state index is 13.1. The van der Waals surface area contributed by atoms with Crippen LogP contribution >= 0.6 is 11.8 Å². The molecule has 0 radical (unpaired) electrons. The van der Waals surface area contributed by atoms with Gasteiger partial charge in [0.2, 0.25) is 11.8 Å². The minimum absolute atomic E-state index is 0.0812. The number of hydrogen-bond donors (Lipinski definition) is 0. The van der Waals surface area contributed by atoms with Crippen molar-refractivity contribution in [3.05, 3.63) is 66.0 Å². The van der Waals surface area contributed by atoms with E-state index in [-0.39, 0.29) is 34.2 Å². The molecule has 0 aliphatic carbocycles. The lowest BCUT2D eigenvalue weighted by atomic mass is 9.81. The first kappa shape index (κ1) is 14.4. The molecular weight excluding hydrogens is 346 g/mol. The molecule has 3 aliphatic rings. The van der Waals surface area contributed by atoms with Gasteiger partial charge in [0.15, 0.2) is 0 Å². The lowest BCUT2D eigenvalue weighted by molar-refractivity contribution is -0.122. The van der Waals surface area contributed by atoms with Crippen molar-refractivity contribution < 1.29 is 9.59 Å². The highest BCUT2D eigenvalue weighted by Gasteiger charge is 2.65. The molecule has 2 fully saturated rings. The van der Waals surface area contributed by atoms with Gasteiger partial charge < -0.3 is 0 Å². The zero-order valence-corrected chi connectivity index (χ0v) is 14.4. The molecule has 6 heteroatoms. The third-order valence-electron chi connectivity index (χ3n) is 5.52. The fourth-order valence-electron chi connectivity index (χ4n) is 4.42.